The first kappa shape index (κ1) is 14.0. The van der Waals surface area contributed by atoms with Crippen LogP contribution in [0.5, 0.6) is 0 Å². The summed E-state index contributed by atoms with van der Waals surface area (Å²) in [4.78, 5) is 14.4. The Labute approximate surface area is 111 Å². The van der Waals surface area contributed by atoms with Gasteiger partial charge in [-0.05, 0) is 39.2 Å². The summed E-state index contributed by atoms with van der Waals surface area (Å²) >= 11 is 0. The van der Waals surface area contributed by atoms with Gasteiger partial charge in [-0.15, -0.1) is 0 Å². The maximum atomic E-state index is 12.0. The smallest absolute Gasteiger partial charge is 0.137 e. The van der Waals surface area contributed by atoms with Crippen LogP contribution in [0.4, 0.5) is 0 Å². The van der Waals surface area contributed by atoms with Crippen molar-refractivity contribution in [2.24, 2.45) is 11.8 Å². The van der Waals surface area contributed by atoms with Crippen LogP contribution in [-0.4, -0.2) is 43.0 Å². The zero-order valence-electron chi connectivity index (χ0n) is 12.0. The first-order chi connectivity index (χ1) is 8.61. The summed E-state index contributed by atoms with van der Waals surface area (Å²) in [5, 5.41) is 0. The minimum Gasteiger partial charge on any atom is -0.377 e. The van der Waals surface area contributed by atoms with Gasteiger partial charge in [0.25, 0.3) is 0 Å². The average molecular weight is 253 g/mol. The lowest BCUT2D eigenvalue weighted by atomic mass is 9.79. The van der Waals surface area contributed by atoms with Crippen LogP contribution >= 0.6 is 0 Å². The van der Waals surface area contributed by atoms with Crippen LogP contribution in [0.25, 0.3) is 0 Å². The minimum absolute atomic E-state index is 0.265. The second kappa shape index (κ2) is 6.16. The van der Waals surface area contributed by atoms with Crippen molar-refractivity contribution in [3.8, 4) is 0 Å². The molecule has 2 fully saturated rings. The molecule has 0 bridgehead atoms. The van der Waals surface area contributed by atoms with Crippen molar-refractivity contribution < 1.29 is 9.53 Å². The van der Waals surface area contributed by atoms with E-state index in [4.69, 9.17) is 4.74 Å². The largest absolute Gasteiger partial charge is 0.377 e. The molecule has 1 saturated heterocycles. The Kier molecular flexibility index (Phi) is 4.79. The Balaban J connectivity index is 1.88. The van der Waals surface area contributed by atoms with Crippen LogP contribution in [0.15, 0.2) is 0 Å². The lowest BCUT2D eigenvalue weighted by Gasteiger charge is -2.33. The van der Waals surface area contributed by atoms with Crippen LogP contribution in [0.1, 0.15) is 46.0 Å². The van der Waals surface area contributed by atoms with Crippen molar-refractivity contribution in [1.82, 2.24) is 4.90 Å². The van der Waals surface area contributed by atoms with Gasteiger partial charge in [-0.2, -0.15) is 0 Å². The van der Waals surface area contributed by atoms with Gasteiger partial charge in [0.1, 0.15) is 5.78 Å². The number of likely N-dealkylation sites (N-methyl/N-ethyl adjacent to an activating group) is 1. The van der Waals surface area contributed by atoms with Gasteiger partial charge in [0.15, 0.2) is 0 Å². The second-order valence-corrected chi connectivity index (χ2v) is 6.08. The van der Waals surface area contributed by atoms with Gasteiger partial charge < -0.3 is 9.64 Å². The normalized spacial score (nSPS) is 37.4. The van der Waals surface area contributed by atoms with E-state index < -0.39 is 0 Å². The molecule has 0 N–H and O–H groups in total. The van der Waals surface area contributed by atoms with E-state index >= 15 is 0 Å². The molecule has 2 rings (SSSR count). The molecule has 2 aliphatic rings. The van der Waals surface area contributed by atoms with Crippen LogP contribution in [-0.2, 0) is 9.53 Å². The lowest BCUT2D eigenvalue weighted by molar-refractivity contribution is -0.126. The number of rotatable bonds is 4. The van der Waals surface area contributed by atoms with Crippen LogP contribution in [0.2, 0.25) is 0 Å². The van der Waals surface area contributed by atoms with Crippen LogP contribution in [0, 0.1) is 11.8 Å². The third kappa shape index (κ3) is 3.12. The van der Waals surface area contributed by atoms with E-state index in [0.29, 0.717) is 17.9 Å². The Morgan fingerprint density at radius 3 is 2.78 bits per heavy atom. The molecule has 0 aromatic carbocycles. The fourth-order valence-electron chi connectivity index (χ4n) is 3.53. The monoisotopic (exact) mass is 253 g/mol. The number of carbonyl (C=O) groups excluding carboxylic acids is 1. The predicted octanol–water partition coefficient (Wildman–Crippen LogP) is 2.49. The molecule has 18 heavy (non-hydrogen) atoms. The quantitative estimate of drug-likeness (QED) is 0.771. The highest BCUT2D eigenvalue weighted by Gasteiger charge is 2.33. The summed E-state index contributed by atoms with van der Waals surface area (Å²) < 4.78 is 5.62. The molecule has 1 aliphatic heterocycles. The van der Waals surface area contributed by atoms with E-state index in [0.717, 1.165) is 44.8 Å². The fraction of sp³-hybridized carbons (Fsp3) is 0.933. The molecule has 4 atom stereocenters. The fourth-order valence-corrected chi connectivity index (χ4v) is 3.53. The zero-order valence-corrected chi connectivity index (χ0v) is 12.0. The van der Waals surface area contributed by atoms with Gasteiger partial charge in [0.2, 0.25) is 0 Å². The number of carbonyl (C=O) groups is 1. The molecule has 1 heterocycles. The molecule has 1 aliphatic carbocycles. The Bertz CT molecular complexity index is 292. The molecule has 3 heteroatoms. The lowest BCUT2D eigenvalue weighted by Crippen LogP contribution is -2.42. The molecule has 3 nitrogen and oxygen atoms in total. The average Bonchev–Trinajstić information content (AvgIpc) is 2.78. The first-order valence-corrected chi connectivity index (χ1v) is 7.46. The van der Waals surface area contributed by atoms with Crippen molar-refractivity contribution in [2.75, 3.05) is 20.2 Å². The van der Waals surface area contributed by atoms with E-state index in [9.17, 15) is 4.79 Å². The van der Waals surface area contributed by atoms with Gasteiger partial charge in [-0.3, -0.25) is 4.79 Å². The number of ether oxygens (including phenoxy) is 1. The molecular weight excluding hydrogens is 226 g/mol. The van der Waals surface area contributed by atoms with Crippen molar-refractivity contribution in [2.45, 2.75) is 58.1 Å². The molecule has 4 unspecified atom stereocenters. The molecule has 1 saturated carbocycles. The van der Waals surface area contributed by atoms with Gasteiger partial charge in [0.05, 0.1) is 6.10 Å². The maximum Gasteiger partial charge on any atom is 0.137 e. The second-order valence-electron chi connectivity index (χ2n) is 6.08. The topological polar surface area (TPSA) is 29.5 Å². The van der Waals surface area contributed by atoms with Crippen molar-refractivity contribution in [3.63, 3.8) is 0 Å². The Hall–Kier alpha value is -0.410. The number of nitrogens with zero attached hydrogens (tertiary/aromatic N) is 1. The Morgan fingerprint density at radius 1 is 1.39 bits per heavy atom. The van der Waals surface area contributed by atoms with Crippen molar-refractivity contribution in [3.05, 3.63) is 0 Å². The first-order valence-electron chi connectivity index (χ1n) is 7.46. The number of Topliss-reactive ketones (excluding diaryl/α,β-unsaturated/α-hetero) is 1. The predicted molar refractivity (Wildman–Crippen MR) is 72.6 cm³/mol. The van der Waals surface area contributed by atoms with E-state index in [1.165, 1.54) is 6.42 Å². The van der Waals surface area contributed by atoms with Gasteiger partial charge in [-0.25, -0.2) is 0 Å². The molecule has 0 amide bonds. The molecule has 104 valence electrons. The number of hydrogen-bond donors (Lipinski definition) is 0. The van der Waals surface area contributed by atoms with Gasteiger partial charge >= 0.3 is 0 Å². The standard InChI is InChI=1S/C15H27NO2/c1-4-12-5-6-15(17)13(9-12)10-16(3)14-7-8-18-11(14)2/h11-14H,4-10H2,1-3H3. The third-order valence-corrected chi connectivity index (χ3v) is 4.86. The van der Waals surface area contributed by atoms with Crippen molar-refractivity contribution in [1.29, 1.82) is 0 Å². The molecular formula is C15H27NO2. The summed E-state index contributed by atoms with van der Waals surface area (Å²) in [6.07, 6.45) is 5.65. The van der Waals surface area contributed by atoms with Crippen LogP contribution < -0.4 is 0 Å². The summed E-state index contributed by atoms with van der Waals surface area (Å²) in [7, 11) is 2.15. The van der Waals surface area contributed by atoms with Gasteiger partial charge in [-0.1, -0.05) is 13.3 Å². The molecule has 0 aromatic rings. The highest BCUT2D eigenvalue weighted by atomic mass is 16.5. The molecule has 0 radical (unpaired) electrons. The third-order valence-electron chi connectivity index (χ3n) is 4.86. The summed E-state index contributed by atoms with van der Waals surface area (Å²) in [6, 6.07) is 0.500. The summed E-state index contributed by atoms with van der Waals surface area (Å²) in [5.74, 6) is 1.51. The van der Waals surface area contributed by atoms with Gasteiger partial charge in [0, 0.05) is 31.5 Å². The summed E-state index contributed by atoms with van der Waals surface area (Å²) in [5.41, 5.74) is 0. The molecule has 0 aromatic heterocycles. The molecule has 0 spiro atoms. The van der Waals surface area contributed by atoms with E-state index in [1.54, 1.807) is 0 Å². The van der Waals surface area contributed by atoms with E-state index in [-0.39, 0.29) is 5.92 Å². The zero-order chi connectivity index (χ0) is 13.1. The van der Waals surface area contributed by atoms with Crippen molar-refractivity contribution >= 4 is 5.78 Å². The van der Waals surface area contributed by atoms with E-state index in [2.05, 4.69) is 25.8 Å². The Morgan fingerprint density at radius 2 is 2.17 bits per heavy atom. The SMILES string of the molecule is CCC1CCC(=O)C(CN(C)C2CCOC2C)C1. The summed E-state index contributed by atoms with van der Waals surface area (Å²) in [6.45, 7) is 6.18. The number of hydrogen-bond acceptors (Lipinski definition) is 3. The van der Waals surface area contributed by atoms with E-state index in [1.807, 2.05) is 0 Å². The maximum absolute atomic E-state index is 12.0. The highest BCUT2D eigenvalue weighted by molar-refractivity contribution is 5.81. The highest BCUT2D eigenvalue weighted by Crippen LogP contribution is 2.30. The number of ketones is 1. The van der Waals surface area contributed by atoms with Crippen LogP contribution in [0.3, 0.4) is 0 Å². The minimum atomic E-state index is 0.265.